The van der Waals surface area contributed by atoms with Gasteiger partial charge in [-0.1, -0.05) is 36.4 Å². The van der Waals surface area contributed by atoms with Gasteiger partial charge in [-0.2, -0.15) is 0 Å². The molecule has 0 aliphatic rings. The van der Waals surface area contributed by atoms with Crippen molar-refractivity contribution in [3.05, 3.63) is 90.4 Å². The van der Waals surface area contributed by atoms with Gasteiger partial charge in [0.05, 0.1) is 6.54 Å². The third-order valence-electron chi connectivity index (χ3n) is 3.45. The van der Waals surface area contributed by atoms with Crippen molar-refractivity contribution in [3.63, 3.8) is 0 Å². The molecule has 3 rings (SSSR count). The lowest BCUT2D eigenvalue weighted by molar-refractivity contribution is 0.256. The molecule has 0 saturated carbocycles. The highest BCUT2D eigenvalue weighted by Crippen LogP contribution is 2.17. The van der Waals surface area contributed by atoms with Crippen LogP contribution in [0, 0.1) is 5.82 Å². The van der Waals surface area contributed by atoms with Crippen LogP contribution in [-0.4, -0.2) is 11.0 Å². The Morgan fingerprint density at radius 3 is 2.33 bits per heavy atom. The maximum absolute atomic E-state index is 13.1. The standard InChI is InChI=1S/C19H16FN3O/c20-16-11-9-15(10-12-16)14-23(18-8-4-5-13-21-18)19(24)22-17-6-2-1-3-7-17/h1-13H,14H2,(H,22,24). The van der Waals surface area contributed by atoms with E-state index in [1.54, 1.807) is 30.5 Å². The number of aromatic nitrogens is 1. The maximum atomic E-state index is 13.1. The van der Waals surface area contributed by atoms with Gasteiger partial charge in [0.25, 0.3) is 0 Å². The number of nitrogens with zero attached hydrogens (tertiary/aromatic N) is 2. The van der Waals surface area contributed by atoms with E-state index in [1.807, 2.05) is 36.4 Å². The highest BCUT2D eigenvalue weighted by atomic mass is 19.1. The van der Waals surface area contributed by atoms with Gasteiger partial charge < -0.3 is 5.32 Å². The summed E-state index contributed by atoms with van der Waals surface area (Å²) in [6.07, 6.45) is 1.63. The quantitative estimate of drug-likeness (QED) is 0.771. The number of hydrogen-bond acceptors (Lipinski definition) is 2. The number of halogens is 1. The molecule has 0 spiro atoms. The topological polar surface area (TPSA) is 45.2 Å². The zero-order chi connectivity index (χ0) is 16.8. The fourth-order valence-corrected chi connectivity index (χ4v) is 2.26. The van der Waals surface area contributed by atoms with Crippen molar-refractivity contribution < 1.29 is 9.18 Å². The number of carbonyl (C=O) groups excluding carboxylic acids is 1. The molecule has 1 aromatic heterocycles. The molecule has 0 atom stereocenters. The first-order valence-electron chi connectivity index (χ1n) is 7.51. The van der Waals surface area contributed by atoms with Gasteiger partial charge in [-0.15, -0.1) is 0 Å². The van der Waals surface area contributed by atoms with Crippen LogP contribution >= 0.6 is 0 Å². The van der Waals surface area contributed by atoms with Crippen LogP contribution in [0.25, 0.3) is 0 Å². The second kappa shape index (κ2) is 7.37. The molecule has 120 valence electrons. The van der Waals surface area contributed by atoms with Crippen LogP contribution in [0.15, 0.2) is 79.0 Å². The smallest absolute Gasteiger partial charge is 0.307 e. The van der Waals surface area contributed by atoms with Crippen molar-refractivity contribution in [3.8, 4) is 0 Å². The molecule has 0 radical (unpaired) electrons. The number of anilines is 2. The van der Waals surface area contributed by atoms with Gasteiger partial charge in [-0.05, 0) is 42.0 Å². The first kappa shape index (κ1) is 15.7. The summed E-state index contributed by atoms with van der Waals surface area (Å²) in [5, 5.41) is 2.85. The van der Waals surface area contributed by atoms with Crippen molar-refractivity contribution in [2.45, 2.75) is 6.54 Å². The number of carbonyl (C=O) groups is 1. The van der Waals surface area contributed by atoms with Crippen LogP contribution in [0.3, 0.4) is 0 Å². The summed E-state index contributed by atoms with van der Waals surface area (Å²) < 4.78 is 13.1. The number of nitrogens with one attached hydrogen (secondary N) is 1. The summed E-state index contributed by atoms with van der Waals surface area (Å²) in [5.74, 6) is 0.215. The summed E-state index contributed by atoms with van der Waals surface area (Å²) in [6, 6.07) is 20.3. The monoisotopic (exact) mass is 321 g/mol. The number of pyridine rings is 1. The lowest BCUT2D eigenvalue weighted by Gasteiger charge is -2.22. The second-order valence-corrected chi connectivity index (χ2v) is 5.20. The molecule has 24 heavy (non-hydrogen) atoms. The molecule has 0 unspecified atom stereocenters. The number of hydrogen-bond donors (Lipinski definition) is 1. The molecule has 3 aromatic rings. The van der Waals surface area contributed by atoms with E-state index in [1.165, 1.54) is 17.0 Å². The number of urea groups is 1. The number of rotatable bonds is 4. The molecule has 2 amide bonds. The van der Waals surface area contributed by atoms with Crippen molar-refractivity contribution in [1.29, 1.82) is 0 Å². The zero-order valence-electron chi connectivity index (χ0n) is 12.9. The largest absolute Gasteiger partial charge is 0.327 e. The molecule has 5 heteroatoms. The average Bonchev–Trinajstić information content (AvgIpc) is 2.63. The van der Waals surface area contributed by atoms with Crippen molar-refractivity contribution in [2.24, 2.45) is 0 Å². The van der Waals surface area contributed by atoms with Gasteiger partial charge in [0, 0.05) is 11.9 Å². The summed E-state index contributed by atoms with van der Waals surface area (Å²) in [7, 11) is 0. The van der Waals surface area contributed by atoms with E-state index < -0.39 is 0 Å². The summed E-state index contributed by atoms with van der Waals surface area (Å²) in [4.78, 5) is 18.4. The van der Waals surface area contributed by atoms with Gasteiger partial charge in [0.1, 0.15) is 11.6 Å². The van der Waals surface area contributed by atoms with Crippen LogP contribution in [0.5, 0.6) is 0 Å². The van der Waals surface area contributed by atoms with E-state index in [4.69, 9.17) is 0 Å². The van der Waals surface area contributed by atoms with Crippen molar-refractivity contribution >= 4 is 17.5 Å². The Hall–Kier alpha value is -3.21. The highest BCUT2D eigenvalue weighted by Gasteiger charge is 2.17. The Kier molecular flexibility index (Phi) is 4.81. The number of amides is 2. The van der Waals surface area contributed by atoms with Crippen molar-refractivity contribution in [2.75, 3.05) is 10.2 Å². The van der Waals surface area contributed by atoms with Crippen molar-refractivity contribution in [1.82, 2.24) is 4.98 Å². The van der Waals surface area contributed by atoms with Gasteiger partial charge in [-0.25, -0.2) is 14.2 Å². The molecule has 1 heterocycles. The Balaban J connectivity index is 1.84. The second-order valence-electron chi connectivity index (χ2n) is 5.20. The molecule has 1 N–H and O–H groups in total. The van der Waals surface area contributed by atoms with Gasteiger partial charge >= 0.3 is 6.03 Å². The third kappa shape index (κ3) is 3.95. The summed E-state index contributed by atoms with van der Waals surface area (Å²) >= 11 is 0. The lowest BCUT2D eigenvalue weighted by Crippen LogP contribution is -2.35. The Morgan fingerprint density at radius 1 is 0.958 bits per heavy atom. The first-order chi connectivity index (χ1) is 11.7. The van der Waals surface area contributed by atoms with E-state index in [9.17, 15) is 9.18 Å². The maximum Gasteiger partial charge on any atom is 0.327 e. The summed E-state index contributed by atoms with van der Waals surface area (Å²) in [6.45, 7) is 0.288. The molecule has 0 bridgehead atoms. The van der Waals surface area contributed by atoms with Crippen LogP contribution in [0.4, 0.5) is 20.7 Å². The minimum absolute atomic E-state index is 0.288. The normalized spacial score (nSPS) is 10.2. The van der Waals surface area contributed by atoms with E-state index in [0.29, 0.717) is 11.5 Å². The van der Waals surface area contributed by atoms with Crippen LogP contribution in [0.1, 0.15) is 5.56 Å². The van der Waals surface area contributed by atoms with E-state index in [2.05, 4.69) is 10.3 Å². The predicted octanol–water partition coefficient (Wildman–Crippen LogP) is 4.46. The Labute approximate surface area is 139 Å². The molecule has 0 aliphatic heterocycles. The Bertz CT molecular complexity index is 792. The number of benzene rings is 2. The van der Waals surface area contributed by atoms with E-state index >= 15 is 0 Å². The van der Waals surface area contributed by atoms with E-state index in [0.717, 1.165) is 5.56 Å². The molecule has 2 aromatic carbocycles. The Morgan fingerprint density at radius 2 is 1.67 bits per heavy atom. The van der Waals surface area contributed by atoms with Crippen LogP contribution in [-0.2, 0) is 6.54 Å². The minimum Gasteiger partial charge on any atom is -0.307 e. The number of para-hydroxylation sites is 1. The van der Waals surface area contributed by atoms with Gasteiger partial charge in [0.2, 0.25) is 0 Å². The zero-order valence-corrected chi connectivity index (χ0v) is 12.9. The van der Waals surface area contributed by atoms with E-state index in [-0.39, 0.29) is 18.4 Å². The first-order valence-corrected chi connectivity index (χ1v) is 7.51. The fraction of sp³-hybridized carbons (Fsp3) is 0.0526. The fourth-order valence-electron chi connectivity index (χ4n) is 2.26. The molecule has 0 aliphatic carbocycles. The van der Waals surface area contributed by atoms with Gasteiger partial charge in [-0.3, -0.25) is 4.90 Å². The molecular formula is C19H16FN3O. The molecular weight excluding hydrogens is 305 g/mol. The molecule has 0 fully saturated rings. The molecule has 4 nitrogen and oxygen atoms in total. The van der Waals surface area contributed by atoms with Crippen LogP contribution in [0.2, 0.25) is 0 Å². The average molecular weight is 321 g/mol. The lowest BCUT2D eigenvalue weighted by atomic mass is 10.2. The third-order valence-corrected chi connectivity index (χ3v) is 3.45. The summed E-state index contributed by atoms with van der Waals surface area (Å²) in [5.41, 5.74) is 1.51. The SMILES string of the molecule is O=C(Nc1ccccc1)N(Cc1ccc(F)cc1)c1ccccn1. The predicted molar refractivity (Wildman–Crippen MR) is 92.3 cm³/mol. The minimum atomic E-state index is -0.308. The van der Waals surface area contributed by atoms with Gasteiger partial charge in [0.15, 0.2) is 0 Å². The highest BCUT2D eigenvalue weighted by molar-refractivity contribution is 6.01. The molecule has 0 saturated heterocycles. The van der Waals surface area contributed by atoms with Crippen LogP contribution < -0.4 is 10.2 Å².